The summed E-state index contributed by atoms with van der Waals surface area (Å²) in [5.41, 5.74) is 8.64. The molecule has 0 saturated heterocycles. The third-order valence-corrected chi connectivity index (χ3v) is 3.70. The molecule has 0 saturated carbocycles. The molecule has 0 aliphatic carbocycles. The number of rotatable bonds is 2. The van der Waals surface area contributed by atoms with Gasteiger partial charge in [0, 0.05) is 16.0 Å². The predicted octanol–water partition coefficient (Wildman–Crippen LogP) is 4.58. The molecule has 3 aromatic rings. The molecule has 0 amide bonds. The molecule has 1 heterocycles. The van der Waals surface area contributed by atoms with Crippen LogP contribution in [0, 0.1) is 12.7 Å². The highest BCUT2D eigenvalue weighted by Gasteiger charge is 2.18. The third kappa shape index (κ3) is 2.19. The van der Waals surface area contributed by atoms with Gasteiger partial charge in [0.25, 0.3) is 0 Å². The second kappa shape index (κ2) is 4.93. The summed E-state index contributed by atoms with van der Waals surface area (Å²) in [5.74, 6) is 0.362. The summed E-state index contributed by atoms with van der Waals surface area (Å²) >= 11 is 5.87. The quantitative estimate of drug-likeness (QED) is 0.750. The molecule has 2 nitrogen and oxygen atoms in total. The van der Waals surface area contributed by atoms with Crippen LogP contribution in [0.15, 0.2) is 46.9 Å². The smallest absolute Gasteiger partial charge is 0.134 e. The number of halogens is 2. The Labute approximate surface area is 121 Å². The van der Waals surface area contributed by atoms with E-state index < -0.39 is 6.04 Å². The molecule has 0 bridgehead atoms. The minimum atomic E-state index is -0.400. The lowest BCUT2D eigenvalue weighted by molar-refractivity contribution is 0.520. The SMILES string of the molecule is Cc1c(C(N)c2ccc(Cl)cc2)oc2ccc(F)cc12. The van der Waals surface area contributed by atoms with Crippen LogP contribution in [0.4, 0.5) is 4.39 Å². The summed E-state index contributed by atoms with van der Waals surface area (Å²) in [6, 6.07) is 11.4. The van der Waals surface area contributed by atoms with Crippen molar-refractivity contribution in [2.75, 3.05) is 0 Å². The van der Waals surface area contributed by atoms with Gasteiger partial charge in [-0.05, 0) is 42.8 Å². The molecule has 2 N–H and O–H groups in total. The molecule has 0 radical (unpaired) electrons. The summed E-state index contributed by atoms with van der Waals surface area (Å²) < 4.78 is 19.1. The zero-order valence-electron chi connectivity index (χ0n) is 10.9. The van der Waals surface area contributed by atoms with Gasteiger partial charge in [0.15, 0.2) is 0 Å². The Balaban J connectivity index is 2.09. The van der Waals surface area contributed by atoms with Crippen molar-refractivity contribution in [2.45, 2.75) is 13.0 Å². The van der Waals surface area contributed by atoms with Crippen LogP contribution >= 0.6 is 11.6 Å². The minimum Gasteiger partial charge on any atom is -0.459 e. The van der Waals surface area contributed by atoms with Crippen molar-refractivity contribution >= 4 is 22.6 Å². The maximum Gasteiger partial charge on any atom is 0.134 e. The number of fused-ring (bicyclic) bond motifs is 1. The zero-order chi connectivity index (χ0) is 14.3. The van der Waals surface area contributed by atoms with E-state index in [2.05, 4.69) is 0 Å². The van der Waals surface area contributed by atoms with Crippen LogP contribution in [0.1, 0.15) is 22.9 Å². The number of benzene rings is 2. The molecule has 102 valence electrons. The normalized spacial score (nSPS) is 12.8. The molecule has 4 heteroatoms. The standard InChI is InChI=1S/C16H13ClFNO/c1-9-13-8-12(18)6-7-14(13)20-16(9)15(19)10-2-4-11(17)5-3-10/h2-8,15H,19H2,1H3. The Kier molecular flexibility index (Phi) is 3.24. The van der Waals surface area contributed by atoms with Crippen molar-refractivity contribution in [2.24, 2.45) is 5.73 Å². The molecule has 3 rings (SSSR count). The molecule has 2 aromatic carbocycles. The molecule has 0 aliphatic rings. The van der Waals surface area contributed by atoms with E-state index in [1.54, 1.807) is 18.2 Å². The average molecular weight is 290 g/mol. The van der Waals surface area contributed by atoms with Gasteiger partial charge < -0.3 is 10.2 Å². The van der Waals surface area contributed by atoms with Gasteiger partial charge in [-0.3, -0.25) is 0 Å². The summed E-state index contributed by atoms with van der Waals surface area (Å²) in [6.45, 7) is 1.89. The highest BCUT2D eigenvalue weighted by atomic mass is 35.5. The van der Waals surface area contributed by atoms with Gasteiger partial charge in [0.2, 0.25) is 0 Å². The van der Waals surface area contributed by atoms with E-state index in [9.17, 15) is 4.39 Å². The van der Waals surface area contributed by atoms with Gasteiger partial charge in [0.05, 0.1) is 6.04 Å². The molecule has 20 heavy (non-hydrogen) atoms. The first-order chi connectivity index (χ1) is 9.56. The van der Waals surface area contributed by atoms with Crippen LogP contribution < -0.4 is 5.73 Å². The first-order valence-electron chi connectivity index (χ1n) is 6.26. The van der Waals surface area contributed by atoms with Crippen LogP contribution in [0.25, 0.3) is 11.0 Å². The van der Waals surface area contributed by atoms with Crippen molar-refractivity contribution in [1.82, 2.24) is 0 Å². The van der Waals surface area contributed by atoms with Crippen molar-refractivity contribution in [1.29, 1.82) is 0 Å². The van der Waals surface area contributed by atoms with Crippen molar-refractivity contribution < 1.29 is 8.81 Å². The first-order valence-corrected chi connectivity index (χ1v) is 6.63. The predicted molar refractivity (Wildman–Crippen MR) is 78.4 cm³/mol. The molecular weight excluding hydrogens is 277 g/mol. The summed E-state index contributed by atoms with van der Waals surface area (Å²) in [4.78, 5) is 0. The maximum absolute atomic E-state index is 13.3. The van der Waals surface area contributed by atoms with Gasteiger partial charge in [-0.15, -0.1) is 0 Å². The summed E-state index contributed by atoms with van der Waals surface area (Å²) in [7, 11) is 0. The Hall–Kier alpha value is -1.84. The zero-order valence-corrected chi connectivity index (χ0v) is 11.6. The average Bonchev–Trinajstić information content (AvgIpc) is 2.76. The van der Waals surface area contributed by atoms with E-state index >= 15 is 0 Å². The number of hydrogen-bond acceptors (Lipinski definition) is 2. The van der Waals surface area contributed by atoms with E-state index in [4.69, 9.17) is 21.8 Å². The lowest BCUT2D eigenvalue weighted by Crippen LogP contribution is -2.11. The Morgan fingerprint density at radius 2 is 1.85 bits per heavy atom. The Morgan fingerprint density at radius 3 is 2.55 bits per heavy atom. The number of furan rings is 1. The highest BCUT2D eigenvalue weighted by Crippen LogP contribution is 2.32. The summed E-state index contributed by atoms with van der Waals surface area (Å²) in [5, 5.41) is 1.41. The Morgan fingerprint density at radius 1 is 1.15 bits per heavy atom. The van der Waals surface area contributed by atoms with Crippen LogP contribution in [-0.2, 0) is 0 Å². The number of aryl methyl sites for hydroxylation is 1. The highest BCUT2D eigenvalue weighted by molar-refractivity contribution is 6.30. The lowest BCUT2D eigenvalue weighted by atomic mass is 10.0. The minimum absolute atomic E-state index is 0.284. The summed E-state index contributed by atoms with van der Waals surface area (Å²) in [6.07, 6.45) is 0. The fourth-order valence-electron chi connectivity index (χ4n) is 2.33. The van der Waals surface area contributed by atoms with Gasteiger partial charge in [-0.2, -0.15) is 0 Å². The Bertz CT molecular complexity index is 764. The van der Waals surface area contributed by atoms with Crippen LogP contribution in [0.2, 0.25) is 5.02 Å². The van der Waals surface area contributed by atoms with Gasteiger partial charge in [0.1, 0.15) is 17.2 Å². The molecule has 0 fully saturated rings. The molecule has 0 aliphatic heterocycles. The van der Waals surface area contributed by atoms with Crippen LogP contribution in [0.5, 0.6) is 0 Å². The number of nitrogens with two attached hydrogens (primary N) is 1. The van der Waals surface area contributed by atoms with E-state index in [-0.39, 0.29) is 5.82 Å². The van der Waals surface area contributed by atoms with Gasteiger partial charge in [-0.1, -0.05) is 23.7 Å². The first kappa shape index (κ1) is 13.2. The second-order valence-corrected chi connectivity index (χ2v) is 5.20. The monoisotopic (exact) mass is 289 g/mol. The van der Waals surface area contributed by atoms with Crippen molar-refractivity contribution in [3.63, 3.8) is 0 Å². The largest absolute Gasteiger partial charge is 0.459 e. The van der Waals surface area contributed by atoms with Crippen LogP contribution in [-0.4, -0.2) is 0 Å². The van der Waals surface area contributed by atoms with Crippen molar-refractivity contribution in [3.8, 4) is 0 Å². The molecule has 1 atom stereocenters. The fourth-order valence-corrected chi connectivity index (χ4v) is 2.46. The van der Waals surface area contributed by atoms with Crippen LogP contribution in [0.3, 0.4) is 0 Å². The van der Waals surface area contributed by atoms with Crippen molar-refractivity contribution in [3.05, 3.63) is 70.2 Å². The van der Waals surface area contributed by atoms with E-state index in [0.29, 0.717) is 16.4 Å². The van der Waals surface area contributed by atoms with E-state index in [1.165, 1.54) is 12.1 Å². The molecule has 1 unspecified atom stereocenters. The molecule has 0 spiro atoms. The van der Waals surface area contributed by atoms with Gasteiger partial charge in [-0.25, -0.2) is 4.39 Å². The topological polar surface area (TPSA) is 39.2 Å². The fraction of sp³-hybridized carbons (Fsp3) is 0.125. The lowest BCUT2D eigenvalue weighted by Gasteiger charge is -2.10. The second-order valence-electron chi connectivity index (χ2n) is 4.76. The maximum atomic E-state index is 13.3. The van der Waals surface area contributed by atoms with E-state index in [0.717, 1.165) is 16.5 Å². The number of hydrogen-bond donors (Lipinski definition) is 1. The third-order valence-electron chi connectivity index (χ3n) is 3.45. The molecule has 1 aromatic heterocycles. The van der Waals surface area contributed by atoms with E-state index in [1.807, 2.05) is 19.1 Å². The molecular formula is C16H13ClFNO. The van der Waals surface area contributed by atoms with Gasteiger partial charge >= 0.3 is 0 Å².